The molecule has 0 aromatic carbocycles. The zero-order valence-electron chi connectivity index (χ0n) is 19.8. The number of aliphatic hydroxyl groups excluding tert-OH is 1. The van der Waals surface area contributed by atoms with Crippen LogP contribution in [0.15, 0.2) is 11.6 Å². The van der Waals surface area contributed by atoms with Crippen molar-refractivity contribution >= 4 is 20.9 Å². The van der Waals surface area contributed by atoms with Crippen LogP contribution in [0, 0.1) is 40.4 Å². The van der Waals surface area contributed by atoms with Gasteiger partial charge in [0.25, 0.3) is 0 Å². The quantitative estimate of drug-likeness (QED) is 0.224. The first-order valence-electron chi connectivity index (χ1n) is 12.7. The average molecular weight is 514 g/mol. The van der Waals surface area contributed by atoms with Crippen LogP contribution in [0.5, 0.6) is 0 Å². The van der Waals surface area contributed by atoms with Crippen molar-refractivity contribution in [3.63, 3.8) is 0 Å². The molecular weight excluding hydrogens is 468 g/mol. The van der Waals surface area contributed by atoms with E-state index in [2.05, 4.69) is 40.7 Å². The van der Waals surface area contributed by atoms with Gasteiger partial charge in [-0.3, -0.25) is 0 Å². The summed E-state index contributed by atoms with van der Waals surface area (Å²) in [4.78, 5) is 0. The molecule has 4 rings (SSSR count). The van der Waals surface area contributed by atoms with Crippen LogP contribution in [-0.4, -0.2) is 32.1 Å². The maximum absolute atomic E-state index is 10.2. The van der Waals surface area contributed by atoms with Gasteiger partial charge < -0.3 is 5.11 Å². The number of hydrogen-bond acceptors (Lipinski definition) is 1. The predicted octanol–water partition coefficient (Wildman–Crippen LogP) is 7.29. The third kappa shape index (κ3) is 4.14. The minimum atomic E-state index is -0.0741. The Morgan fingerprint density at radius 2 is 1.86 bits per heavy atom. The van der Waals surface area contributed by atoms with Gasteiger partial charge in [-0.1, -0.05) is 0 Å². The third-order valence-electron chi connectivity index (χ3n) is 10.1. The summed E-state index contributed by atoms with van der Waals surface area (Å²) in [5.74, 6) is 4.66. The molecule has 8 atom stereocenters. The van der Waals surface area contributed by atoms with Crippen LogP contribution in [0.3, 0.4) is 0 Å². The van der Waals surface area contributed by atoms with Crippen molar-refractivity contribution in [2.24, 2.45) is 40.4 Å². The van der Waals surface area contributed by atoms with Crippen molar-refractivity contribution in [2.45, 2.75) is 113 Å². The van der Waals surface area contributed by atoms with E-state index in [0.29, 0.717) is 10.8 Å². The molecule has 3 fully saturated rings. The Hall–Kier alpha value is 0.490. The van der Waals surface area contributed by atoms with Crippen LogP contribution in [0.4, 0.5) is 0 Å². The normalized spacial score (nSPS) is 45.3. The molecule has 1 N–H and O–H groups in total. The molecule has 0 unspecified atom stereocenters. The molecule has 2 heteroatoms. The van der Waals surface area contributed by atoms with E-state index in [1.807, 2.05) is 0 Å². The van der Waals surface area contributed by atoms with Gasteiger partial charge in [-0.2, -0.15) is 0 Å². The number of allylic oxidation sites excluding steroid dienone is 1. The van der Waals surface area contributed by atoms with Crippen molar-refractivity contribution in [1.82, 2.24) is 0 Å². The van der Waals surface area contributed by atoms with Crippen LogP contribution >= 0.6 is 0 Å². The van der Waals surface area contributed by atoms with Gasteiger partial charge in [-0.15, -0.1) is 0 Å². The van der Waals surface area contributed by atoms with Crippen molar-refractivity contribution in [3.05, 3.63) is 11.6 Å². The van der Waals surface area contributed by atoms with Gasteiger partial charge in [-0.25, -0.2) is 0 Å². The maximum atomic E-state index is 10.2. The fourth-order valence-corrected chi connectivity index (χ4v) is 10.8. The second-order valence-electron chi connectivity index (χ2n) is 11.9. The summed E-state index contributed by atoms with van der Waals surface area (Å²) in [6.07, 6.45) is 15.9. The Kier molecular flexibility index (Phi) is 6.87. The van der Waals surface area contributed by atoms with E-state index in [-0.39, 0.29) is 27.0 Å². The molecule has 0 aliphatic heterocycles. The standard InChI is InChI=1S/C27H46OTe/c1-18(2)29-16-6-7-19(3)23-10-11-24-22-9-8-20-17-21(28)12-14-26(20,4)25(22)13-15-27(23,24)5/h8,18-19,21-25,28H,6-7,9-17H2,1-5H3/t19-,21+,22+,23-,24+,25+,26+,27-/m1/s1. The van der Waals surface area contributed by atoms with Gasteiger partial charge >= 0.3 is 180 Å². The third-order valence-corrected chi connectivity index (χ3v) is 13.5. The summed E-state index contributed by atoms with van der Waals surface area (Å²) in [5, 5.41) is 10.2. The molecule has 0 aromatic rings. The van der Waals surface area contributed by atoms with Crippen LogP contribution in [0.1, 0.15) is 98.8 Å². The molecule has 166 valence electrons. The van der Waals surface area contributed by atoms with Crippen molar-refractivity contribution in [2.75, 3.05) is 0 Å². The summed E-state index contributed by atoms with van der Waals surface area (Å²) in [5.41, 5.74) is 2.62. The fourth-order valence-electron chi connectivity index (χ4n) is 8.54. The molecule has 0 spiro atoms. The monoisotopic (exact) mass is 516 g/mol. The number of hydrogen-bond donors (Lipinski definition) is 1. The van der Waals surface area contributed by atoms with Gasteiger partial charge in [0.05, 0.1) is 6.10 Å². The molecule has 0 aromatic heterocycles. The van der Waals surface area contributed by atoms with Gasteiger partial charge in [0.1, 0.15) is 0 Å². The first-order chi connectivity index (χ1) is 13.8. The van der Waals surface area contributed by atoms with E-state index in [1.165, 1.54) is 51.4 Å². The zero-order chi connectivity index (χ0) is 20.8. The molecule has 0 amide bonds. The number of aliphatic hydroxyl groups is 1. The minimum absolute atomic E-state index is 0.0741. The van der Waals surface area contributed by atoms with Crippen LogP contribution in [0.2, 0.25) is 8.43 Å². The first-order valence-corrected chi connectivity index (χ1v) is 15.7. The Morgan fingerprint density at radius 1 is 1.07 bits per heavy atom. The van der Waals surface area contributed by atoms with E-state index in [0.717, 1.165) is 46.4 Å². The Balaban J connectivity index is 1.44. The van der Waals surface area contributed by atoms with E-state index in [4.69, 9.17) is 0 Å². The van der Waals surface area contributed by atoms with Crippen molar-refractivity contribution in [3.8, 4) is 0 Å². The molecule has 4 aliphatic rings. The van der Waals surface area contributed by atoms with E-state index in [9.17, 15) is 5.11 Å². The Morgan fingerprint density at radius 3 is 2.62 bits per heavy atom. The summed E-state index contributed by atoms with van der Waals surface area (Å²) in [6.45, 7) is 12.7. The molecule has 29 heavy (non-hydrogen) atoms. The summed E-state index contributed by atoms with van der Waals surface area (Å²) >= 11 is 0.263. The molecule has 3 saturated carbocycles. The second-order valence-corrected chi connectivity index (χ2v) is 16.7. The van der Waals surface area contributed by atoms with E-state index >= 15 is 0 Å². The molecule has 0 radical (unpaired) electrons. The van der Waals surface area contributed by atoms with Gasteiger partial charge in [-0.05, 0) is 0 Å². The van der Waals surface area contributed by atoms with Gasteiger partial charge in [0, 0.05) is 0 Å². The second kappa shape index (κ2) is 8.79. The Labute approximate surface area is 191 Å². The zero-order valence-corrected chi connectivity index (χ0v) is 22.1. The molecule has 0 bridgehead atoms. The topological polar surface area (TPSA) is 20.2 Å². The number of rotatable bonds is 6. The Bertz CT molecular complexity index is 612. The van der Waals surface area contributed by atoms with Crippen molar-refractivity contribution < 1.29 is 5.11 Å². The van der Waals surface area contributed by atoms with E-state index < -0.39 is 0 Å². The van der Waals surface area contributed by atoms with Crippen LogP contribution in [0.25, 0.3) is 0 Å². The SMILES string of the molecule is CC(C)[Te]CCC[C@@H](C)[C@H]1CC[C@H]2[C@@H]3CC=C4C[C@@H](O)CC[C@]4(C)[C@H]3CC[C@]12C. The van der Waals surface area contributed by atoms with Gasteiger partial charge in [0.15, 0.2) is 0 Å². The predicted molar refractivity (Wildman–Crippen MR) is 125 cm³/mol. The number of fused-ring (bicyclic) bond motifs is 5. The molecule has 0 heterocycles. The van der Waals surface area contributed by atoms with Crippen LogP contribution in [-0.2, 0) is 0 Å². The molecular formula is C27H46OTe. The van der Waals surface area contributed by atoms with Crippen molar-refractivity contribution in [1.29, 1.82) is 0 Å². The molecule has 1 nitrogen and oxygen atoms in total. The fraction of sp³-hybridized carbons (Fsp3) is 0.926. The summed E-state index contributed by atoms with van der Waals surface area (Å²) in [6, 6.07) is 0. The van der Waals surface area contributed by atoms with E-state index in [1.54, 1.807) is 10.0 Å². The van der Waals surface area contributed by atoms with Crippen LogP contribution < -0.4 is 0 Å². The van der Waals surface area contributed by atoms with Gasteiger partial charge in [0.2, 0.25) is 0 Å². The first kappa shape index (κ1) is 22.7. The average Bonchev–Trinajstić information content (AvgIpc) is 3.03. The molecule has 0 saturated heterocycles. The summed E-state index contributed by atoms with van der Waals surface area (Å²) in [7, 11) is 0. The molecule has 4 aliphatic carbocycles. The summed E-state index contributed by atoms with van der Waals surface area (Å²) < 4.78 is 2.55.